The predicted octanol–water partition coefficient (Wildman–Crippen LogP) is 3.94. The van der Waals surface area contributed by atoms with Crippen LogP contribution in [0.15, 0.2) is 59.2 Å². The smallest absolute Gasteiger partial charge is 0.345 e. The summed E-state index contributed by atoms with van der Waals surface area (Å²) in [5.41, 5.74) is 1.41. The number of hydrogen-bond acceptors (Lipinski definition) is 5. The number of aromatic nitrogens is 2. The average Bonchev–Trinajstić information content (AvgIpc) is 3.04. The van der Waals surface area contributed by atoms with E-state index in [0.29, 0.717) is 5.52 Å². The molecule has 0 bridgehead atoms. The zero-order chi connectivity index (χ0) is 17.8. The van der Waals surface area contributed by atoms with Crippen LogP contribution in [0.4, 0.5) is 4.39 Å². The molecule has 25 heavy (non-hydrogen) atoms. The lowest BCUT2D eigenvalue weighted by atomic mass is 10.2. The molecule has 0 aliphatic carbocycles. The number of nitrogens with one attached hydrogen (secondary N) is 1. The Balaban J connectivity index is 1.91. The molecule has 0 aliphatic rings. The van der Waals surface area contributed by atoms with Gasteiger partial charge in [-0.15, -0.1) is 11.8 Å². The summed E-state index contributed by atoms with van der Waals surface area (Å²) < 4.78 is 17.7. The fraction of sp³-hybridized carbons (Fsp3) is 0.111. The molecule has 0 spiro atoms. The largest absolute Gasteiger partial charge is 0.510 e. The Morgan fingerprint density at radius 1 is 1.24 bits per heavy atom. The number of rotatable bonds is 5. The molecule has 0 unspecified atom stereocenters. The minimum Gasteiger partial charge on any atom is -0.510 e. The van der Waals surface area contributed by atoms with Gasteiger partial charge in [0.15, 0.2) is 0 Å². The first kappa shape index (κ1) is 17.0. The highest BCUT2D eigenvalue weighted by atomic mass is 32.2. The first-order chi connectivity index (χ1) is 12.1. The van der Waals surface area contributed by atoms with E-state index in [0.717, 1.165) is 10.4 Å². The predicted molar refractivity (Wildman–Crippen MR) is 94.8 cm³/mol. The molecule has 1 heterocycles. The number of hydrogen-bond donors (Lipinski definition) is 2. The standard InChI is InChI=1S/C18H15FN2O3S/c1-24-18(23)16(17-20-13-4-2-3-5-14(13)21-17)15(22)10-25-12-8-6-11(19)7-9-12/h2-9,22H,10H2,1H3,(H,20,21)/b16-15-. The number of methoxy groups -OCH3 is 1. The van der Waals surface area contributed by atoms with E-state index >= 15 is 0 Å². The molecule has 5 nitrogen and oxygen atoms in total. The van der Waals surface area contributed by atoms with Crippen molar-refractivity contribution in [1.29, 1.82) is 0 Å². The molecular weight excluding hydrogens is 343 g/mol. The number of aliphatic hydroxyl groups is 1. The van der Waals surface area contributed by atoms with Gasteiger partial charge in [-0.05, 0) is 36.4 Å². The Labute approximate surface area is 147 Å². The molecule has 7 heteroatoms. The second kappa shape index (κ2) is 7.40. The van der Waals surface area contributed by atoms with Crippen molar-refractivity contribution in [3.63, 3.8) is 0 Å². The maximum Gasteiger partial charge on any atom is 0.345 e. The van der Waals surface area contributed by atoms with E-state index in [-0.39, 0.29) is 28.7 Å². The van der Waals surface area contributed by atoms with Crippen molar-refractivity contribution < 1.29 is 19.0 Å². The van der Waals surface area contributed by atoms with Crippen LogP contribution in [0.1, 0.15) is 5.82 Å². The van der Waals surface area contributed by atoms with Crippen molar-refractivity contribution in [3.05, 3.63) is 65.9 Å². The molecule has 0 saturated carbocycles. The summed E-state index contributed by atoms with van der Waals surface area (Å²) in [6, 6.07) is 13.2. The van der Waals surface area contributed by atoms with E-state index in [4.69, 9.17) is 4.74 Å². The molecule has 2 aromatic carbocycles. The van der Waals surface area contributed by atoms with Gasteiger partial charge in [0.25, 0.3) is 0 Å². The van der Waals surface area contributed by atoms with Crippen molar-refractivity contribution in [2.24, 2.45) is 0 Å². The monoisotopic (exact) mass is 358 g/mol. The Hall–Kier alpha value is -2.80. The maximum atomic E-state index is 12.9. The van der Waals surface area contributed by atoms with Crippen LogP contribution in [-0.4, -0.2) is 33.9 Å². The molecule has 128 valence electrons. The summed E-state index contributed by atoms with van der Waals surface area (Å²) in [7, 11) is 1.24. The number of nitrogens with zero attached hydrogens (tertiary/aromatic N) is 1. The lowest BCUT2D eigenvalue weighted by molar-refractivity contribution is -0.133. The third-order valence-corrected chi connectivity index (χ3v) is 4.52. The number of thioether (sulfide) groups is 1. The van der Waals surface area contributed by atoms with Crippen molar-refractivity contribution >= 4 is 34.3 Å². The van der Waals surface area contributed by atoms with Crippen molar-refractivity contribution in [2.75, 3.05) is 12.9 Å². The van der Waals surface area contributed by atoms with Crippen LogP contribution in [-0.2, 0) is 9.53 Å². The van der Waals surface area contributed by atoms with Crippen LogP contribution in [0.25, 0.3) is 16.6 Å². The maximum absolute atomic E-state index is 12.9. The van der Waals surface area contributed by atoms with E-state index in [9.17, 15) is 14.3 Å². The number of imidazole rings is 1. The Bertz CT molecular complexity index is 902. The molecule has 0 fully saturated rings. The summed E-state index contributed by atoms with van der Waals surface area (Å²) >= 11 is 1.27. The fourth-order valence-corrected chi connectivity index (χ4v) is 3.06. The Kier molecular flexibility index (Phi) is 5.04. The van der Waals surface area contributed by atoms with Crippen molar-refractivity contribution in [3.8, 4) is 0 Å². The second-order valence-electron chi connectivity index (χ2n) is 5.16. The molecular formula is C18H15FN2O3S. The SMILES string of the molecule is COC(=O)/C(=C(\O)CSc1ccc(F)cc1)c1nc2ccccc2[nH]1. The molecule has 0 amide bonds. The number of carbonyl (C=O) groups excluding carboxylic acids is 1. The van der Waals surface area contributed by atoms with E-state index in [1.54, 1.807) is 18.2 Å². The lowest BCUT2D eigenvalue weighted by Crippen LogP contribution is -2.09. The van der Waals surface area contributed by atoms with Gasteiger partial charge in [0.1, 0.15) is 23.0 Å². The minimum absolute atomic E-state index is 0.0201. The van der Waals surface area contributed by atoms with Gasteiger partial charge < -0.3 is 14.8 Å². The van der Waals surface area contributed by atoms with Crippen LogP contribution < -0.4 is 0 Å². The molecule has 0 aliphatic heterocycles. The van der Waals surface area contributed by atoms with Gasteiger partial charge in [-0.1, -0.05) is 12.1 Å². The van der Waals surface area contributed by atoms with Crippen LogP contribution in [0.2, 0.25) is 0 Å². The van der Waals surface area contributed by atoms with Crippen molar-refractivity contribution in [2.45, 2.75) is 4.90 Å². The molecule has 0 saturated heterocycles. The number of para-hydroxylation sites is 2. The second-order valence-corrected chi connectivity index (χ2v) is 6.21. The summed E-state index contributed by atoms with van der Waals surface area (Å²) in [4.78, 5) is 20.2. The van der Waals surface area contributed by atoms with Gasteiger partial charge in [-0.2, -0.15) is 0 Å². The summed E-state index contributed by atoms with van der Waals surface area (Å²) in [6.45, 7) is 0. The van der Waals surface area contributed by atoms with E-state index in [2.05, 4.69) is 9.97 Å². The van der Waals surface area contributed by atoms with Gasteiger partial charge >= 0.3 is 5.97 Å². The normalized spacial score (nSPS) is 12.1. The summed E-state index contributed by atoms with van der Waals surface area (Å²) in [6.07, 6.45) is 0. The molecule has 2 N–H and O–H groups in total. The number of esters is 1. The van der Waals surface area contributed by atoms with Gasteiger partial charge in [0, 0.05) is 4.90 Å². The highest BCUT2D eigenvalue weighted by molar-refractivity contribution is 7.99. The fourth-order valence-electron chi connectivity index (χ4n) is 2.28. The minimum atomic E-state index is -0.684. The third kappa shape index (κ3) is 3.83. The molecule has 0 radical (unpaired) electrons. The Morgan fingerprint density at radius 3 is 2.64 bits per heavy atom. The molecule has 0 atom stereocenters. The van der Waals surface area contributed by atoms with Crippen molar-refractivity contribution in [1.82, 2.24) is 9.97 Å². The first-order valence-electron chi connectivity index (χ1n) is 7.42. The number of carbonyl (C=O) groups is 1. The van der Waals surface area contributed by atoms with Gasteiger partial charge in [0.2, 0.25) is 0 Å². The quantitative estimate of drug-likeness (QED) is 0.313. The summed E-state index contributed by atoms with van der Waals surface area (Å²) in [5.74, 6) is -0.823. The highest BCUT2D eigenvalue weighted by Gasteiger charge is 2.22. The van der Waals surface area contributed by atoms with Gasteiger partial charge in [-0.25, -0.2) is 14.2 Å². The number of benzene rings is 2. The molecule has 3 rings (SSSR count). The number of ether oxygens (including phenoxy) is 1. The summed E-state index contributed by atoms with van der Waals surface area (Å²) in [5, 5.41) is 10.4. The van der Waals surface area contributed by atoms with Crippen LogP contribution in [0.3, 0.4) is 0 Å². The topological polar surface area (TPSA) is 75.2 Å². The first-order valence-corrected chi connectivity index (χ1v) is 8.41. The number of fused-ring (bicyclic) bond motifs is 1. The lowest BCUT2D eigenvalue weighted by Gasteiger charge is -2.07. The van der Waals surface area contributed by atoms with Crippen LogP contribution in [0, 0.1) is 5.82 Å². The van der Waals surface area contributed by atoms with E-state index in [1.807, 2.05) is 18.2 Å². The third-order valence-electron chi connectivity index (χ3n) is 3.49. The van der Waals surface area contributed by atoms with Gasteiger partial charge in [0.05, 0.1) is 23.9 Å². The van der Waals surface area contributed by atoms with E-state index in [1.165, 1.54) is 31.0 Å². The van der Waals surface area contributed by atoms with Crippen LogP contribution in [0.5, 0.6) is 0 Å². The number of aromatic amines is 1. The number of H-pyrrole nitrogens is 1. The average molecular weight is 358 g/mol. The Morgan fingerprint density at radius 2 is 1.96 bits per heavy atom. The molecule has 3 aromatic rings. The van der Waals surface area contributed by atoms with E-state index < -0.39 is 5.97 Å². The van der Waals surface area contributed by atoms with Gasteiger partial charge in [-0.3, -0.25) is 0 Å². The zero-order valence-electron chi connectivity index (χ0n) is 13.3. The number of aliphatic hydroxyl groups excluding tert-OH is 1. The highest BCUT2D eigenvalue weighted by Crippen LogP contribution is 2.25. The molecule has 1 aromatic heterocycles. The zero-order valence-corrected chi connectivity index (χ0v) is 14.1. The number of halogens is 1. The van der Waals surface area contributed by atoms with Crippen LogP contribution >= 0.6 is 11.8 Å².